The Morgan fingerprint density at radius 3 is 2.76 bits per heavy atom. The summed E-state index contributed by atoms with van der Waals surface area (Å²) in [4.78, 5) is 12.0. The number of ether oxygens (including phenoxy) is 1. The molecule has 0 spiro atoms. The van der Waals surface area contributed by atoms with E-state index < -0.39 is 0 Å². The van der Waals surface area contributed by atoms with Crippen LogP contribution in [0.4, 0.5) is 0 Å². The summed E-state index contributed by atoms with van der Waals surface area (Å²) in [6, 6.07) is 5.16. The van der Waals surface area contributed by atoms with E-state index in [-0.39, 0.29) is 5.78 Å². The maximum Gasteiger partial charge on any atom is 0.176 e. The van der Waals surface area contributed by atoms with Crippen LogP contribution in [0.5, 0.6) is 5.75 Å². The van der Waals surface area contributed by atoms with Gasteiger partial charge in [0.2, 0.25) is 0 Å². The first-order valence-electron chi connectivity index (χ1n) is 5.61. The van der Waals surface area contributed by atoms with Gasteiger partial charge in [0, 0.05) is 5.02 Å². The van der Waals surface area contributed by atoms with Crippen LogP contribution >= 0.6 is 23.4 Å². The molecule has 0 saturated heterocycles. The number of thioether (sulfide) groups is 1. The molecule has 0 fully saturated rings. The molecular formula is C13H17ClO2S. The molecule has 0 aromatic heterocycles. The summed E-state index contributed by atoms with van der Waals surface area (Å²) in [6.45, 7) is 6.57. The van der Waals surface area contributed by atoms with Crippen molar-refractivity contribution in [2.24, 2.45) is 0 Å². The van der Waals surface area contributed by atoms with Crippen molar-refractivity contribution in [2.45, 2.75) is 26.0 Å². The number of halogens is 1. The normalized spacial score (nSPS) is 10.6. The van der Waals surface area contributed by atoms with E-state index in [2.05, 4.69) is 13.8 Å². The summed E-state index contributed by atoms with van der Waals surface area (Å²) in [7, 11) is 0. The van der Waals surface area contributed by atoms with Gasteiger partial charge in [-0.2, -0.15) is 11.8 Å². The topological polar surface area (TPSA) is 26.3 Å². The van der Waals surface area contributed by atoms with Crippen molar-refractivity contribution >= 4 is 29.1 Å². The highest BCUT2D eigenvalue weighted by Crippen LogP contribution is 2.25. The third-order valence-electron chi connectivity index (χ3n) is 2.09. The third kappa shape index (κ3) is 4.60. The highest BCUT2D eigenvalue weighted by molar-refractivity contribution is 8.00. The SMILES string of the molecule is CCOc1ccc(Cl)cc1C(=O)CSC(C)C. The molecule has 0 saturated carbocycles. The molecule has 0 amide bonds. The monoisotopic (exact) mass is 272 g/mol. The predicted molar refractivity (Wildman–Crippen MR) is 74.5 cm³/mol. The minimum absolute atomic E-state index is 0.0645. The van der Waals surface area contributed by atoms with Crippen molar-refractivity contribution in [3.05, 3.63) is 28.8 Å². The van der Waals surface area contributed by atoms with E-state index >= 15 is 0 Å². The minimum atomic E-state index is 0.0645. The zero-order valence-electron chi connectivity index (χ0n) is 10.3. The fraction of sp³-hybridized carbons (Fsp3) is 0.462. The Morgan fingerprint density at radius 1 is 1.47 bits per heavy atom. The van der Waals surface area contributed by atoms with Crippen molar-refractivity contribution < 1.29 is 9.53 Å². The smallest absolute Gasteiger partial charge is 0.176 e. The van der Waals surface area contributed by atoms with Crippen LogP contribution in [-0.2, 0) is 0 Å². The lowest BCUT2D eigenvalue weighted by molar-refractivity contribution is 0.101. The lowest BCUT2D eigenvalue weighted by Crippen LogP contribution is -2.08. The number of ketones is 1. The van der Waals surface area contributed by atoms with Crippen LogP contribution < -0.4 is 4.74 Å². The lowest BCUT2D eigenvalue weighted by Gasteiger charge is -2.10. The van der Waals surface area contributed by atoms with Crippen LogP contribution in [-0.4, -0.2) is 23.4 Å². The van der Waals surface area contributed by atoms with Crippen molar-refractivity contribution in [1.82, 2.24) is 0 Å². The number of hydrogen-bond acceptors (Lipinski definition) is 3. The van der Waals surface area contributed by atoms with E-state index in [1.54, 1.807) is 30.0 Å². The molecule has 0 atom stereocenters. The highest BCUT2D eigenvalue weighted by atomic mass is 35.5. The van der Waals surface area contributed by atoms with Crippen molar-refractivity contribution in [3.63, 3.8) is 0 Å². The van der Waals surface area contributed by atoms with Gasteiger partial charge >= 0.3 is 0 Å². The molecule has 2 nitrogen and oxygen atoms in total. The molecule has 0 heterocycles. The average Bonchev–Trinajstić information content (AvgIpc) is 2.28. The molecule has 0 aliphatic rings. The molecule has 4 heteroatoms. The second-order valence-corrected chi connectivity index (χ2v) is 5.86. The van der Waals surface area contributed by atoms with Gasteiger partial charge in [0.15, 0.2) is 5.78 Å². The Bertz CT molecular complexity index is 391. The van der Waals surface area contributed by atoms with Gasteiger partial charge in [-0.1, -0.05) is 25.4 Å². The van der Waals surface area contributed by atoms with E-state index in [0.29, 0.717) is 33.9 Å². The van der Waals surface area contributed by atoms with Crippen molar-refractivity contribution in [1.29, 1.82) is 0 Å². The first kappa shape index (κ1) is 14.4. The Morgan fingerprint density at radius 2 is 2.18 bits per heavy atom. The highest BCUT2D eigenvalue weighted by Gasteiger charge is 2.13. The molecule has 1 aromatic rings. The molecule has 1 rings (SSSR count). The van der Waals surface area contributed by atoms with Gasteiger partial charge in [0.1, 0.15) is 5.75 Å². The van der Waals surface area contributed by atoms with Gasteiger partial charge in [-0.25, -0.2) is 0 Å². The number of rotatable bonds is 6. The maximum atomic E-state index is 12.0. The van der Waals surface area contributed by atoms with Gasteiger partial charge < -0.3 is 4.74 Å². The number of carbonyl (C=O) groups is 1. The fourth-order valence-electron chi connectivity index (χ4n) is 1.32. The maximum absolute atomic E-state index is 12.0. The molecule has 0 radical (unpaired) electrons. The van der Waals surface area contributed by atoms with Gasteiger partial charge in [-0.3, -0.25) is 4.79 Å². The quantitative estimate of drug-likeness (QED) is 0.731. The van der Waals surface area contributed by atoms with Gasteiger partial charge in [-0.05, 0) is 30.4 Å². The lowest BCUT2D eigenvalue weighted by atomic mass is 10.1. The first-order chi connectivity index (χ1) is 8.04. The van der Waals surface area contributed by atoms with E-state index in [1.165, 1.54) is 0 Å². The van der Waals surface area contributed by atoms with Gasteiger partial charge in [0.05, 0.1) is 17.9 Å². The summed E-state index contributed by atoms with van der Waals surface area (Å²) in [5, 5.41) is 1.00. The van der Waals surface area contributed by atoms with Crippen LogP contribution in [0.2, 0.25) is 5.02 Å². The molecule has 17 heavy (non-hydrogen) atoms. The molecule has 0 aliphatic heterocycles. The number of benzene rings is 1. The molecule has 1 aromatic carbocycles. The summed E-state index contributed by atoms with van der Waals surface area (Å²) in [5.41, 5.74) is 0.576. The zero-order chi connectivity index (χ0) is 12.8. The number of carbonyl (C=O) groups excluding carboxylic acids is 1. The van der Waals surface area contributed by atoms with Crippen LogP contribution in [0.3, 0.4) is 0 Å². The third-order valence-corrected chi connectivity index (χ3v) is 3.42. The summed E-state index contributed by atoms with van der Waals surface area (Å²) < 4.78 is 5.43. The first-order valence-corrected chi connectivity index (χ1v) is 7.04. The number of hydrogen-bond donors (Lipinski definition) is 0. The van der Waals surface area contributed by atoms with E-state index in [9.17, 15) is 4.79 Å². The van der Waals surface area contributed by atoms with Gasteiger partial charge in [0.25, 0.3) is 0 Å². The van der Waals surface area contributed by atoms with Crippen LogP contribution in [0, 0.1) is 0 Å². The van der Waals surface area contributed by atoms with Gasteiger partial charge in [-0.15, -0.1) is 0 Å². The van der Waals surface area contributed by atoms with Crippen LogP contribution in [0.25, 0.3) is 0 Å². The Labute approximate surface area is 112 Å². The Hall–Kier alpha value is -0.670. The Kier molecular flexibility index (Phi) is 5.86. The fourth-order valence-corrected chi connectivity index (χ4v) is 2.13. The van der Waals surface area contributed by atoms with Crippen LogP contribution in [0.1, 0.15) is 31.1 Å². The van der Waals surface area contributed by atoms with Crippen molar-refractivity contribution in [3.8, 4) is 5.75 Å². The predicted octanol–water partition coefficient (Wildman–Crippen LogP) is 4.06. The summed E-state index contributed by atoms with van der Waals surface area (Å²) >= 11 is 7.53. The average molecular weight is 273 g/mol. The van der Waals surface area contributed by atoms with Crippen LogP contribution in [0.15, 0.2) is 18.2 Å². The van der Waals surface area contributed by atoms with E-state index in [1.807, 2.05) is 6.92 Å². The second kappa shape index (κ2) is 6.92. The molecule has 0 N–H and O–H groups in total. The molecular weight excluding hydrogens is 256 g/mol. The molecule has 0 unspecified atom stereocenters. The Balaban J connectivity index is 2.86. The minimum Gasteiger partial charge on any atom is -0.493 e. The zero-order valence-corrected chi connectivity index (χ0v) is 11.9. The standard InChI is InChI=1S/C13H17ClO2S/c1-4-16-13-6-5-10(14)7-11(13)12(15)8-17-9(2)3/h5-7,9H,4,8H2,1-3H3. The van der Waals surface area contributed by atoms with Crippen molar-refractivity contribution in [2.75, 3.05) is 12.4 Å². The summed E-state index contributed by atoms with van der Waals surface area (Å²) in [6.07, 6.45) is 0. The summed E-state index contributed by atoms with van der Waals surface area (Å²) in [5.74, 6) is 1.14. The largest absolute Gasteiger partial charge is 0.493 e. The van der Waals surface area contributed by atoms with E-state index in [0.717, 1.165) is 0 Å². The second-order valence-electron chi connectivity index (χ2n) is 3.86. The molecule has 0 aliphatic carbocycles. The van der Waals surface area contributed by atoms with E-state index in [4.69, 9.17) is 16.3 Å². The molecule has 94 valence electrons. The number of Topliss-reactive ketones (excluding diaryl/α,β-unsaturated/α-hetero) is 1. The molecule has 0 bridgehead atoms.